The van der Waals surface area contributed by atoms with Gasteiger partial charge in [-0.25, -0.2) is 5.01 Å². The Morgan fingerprint density at radius 2 is 1.96 bits per heavy atom. The van der Waals surface area contributed by atoms with E-state index in [9.17, 15) is 4.79 Å². The van der Waals surface area contributed by atoms with Gasteiger partial charge in [0.25, 0.3) is 0 Å². The van der Waals surface area contributed by atoms with Crippen LogP contribution in [-0.4, -0.2) is 23.7 Å². The van der Waals surface area contributed by atoms with Crippen LogP contribution >= 0.6 is 23.2 Å². The largest absolute Gasteiger partial charge is 0.497 e. The van der Waals surface area contributed by atoms with Gasteiger partial charge in [-0.15, -0.1) is 0 Å². The SMILES string of the molecule is CCC(=O)N1N=C(c2ccc(OC)cc2)C[C@H]1c1ccc(Cl)cc1Cl. The molecule has 2 aromatic rings. The van der Waals surface area contributed by atoms with Crippen molar-refractivity contribution in [2.75, 3.05) is 7.11 Å². The lowest BCUT2D eigenvalue weighted by Gasteiger charge is -2.22. The zero-order chi connectivity index (χ0) is 18.0. The van der Waals surface area contributed by atoms with Gasteiger partial charge in [-0.3, -0.25) is 4.79 Å². The summed E-state index contributed by atoms with van der Waals surface area (Å²) in [6.45, 7) is 1.82. The van der Waals surface area contributed by atoms with Gasteiger partial charge in [-0.1, -0.05) is 36.2 Å². The third-order valence-electron chi connectivity index (χ3n) is 4.21. The maximum Gasteiger partial charge on any atom is 0.242 e. The lowest BCUT2D eigenvalue weighted by atomic mass is 9.98. The van der Waals surface area contributed by atoms with Crippen molar-refractivity contribution in [1.29, 1.82) is 0 Å². The summed E-state index contributed by atoms with van der Waals surface area (Å²) >= 11 is 12.4. The number of hydrogen-bond acceptors (Lipinski definition) is 3. The van der Waals surface area contributed by atoms with Gasteiger partial charge in [0.2, 0.25) is 5.91 Å². The first-order valence-corrected chi connectivity index (χ1v) is 8.78. The Bertz CT molecular complexity index is 819. The monoisotopic (exact) mass is 376 g/mol. The third-order valence-corrected chi connectivity index (χ3v) is 4.78. The van der Waals surface area contributed by atoms with E-state index in [-0.39, 0.29) is 11.9 Å². The van der Waals surface area contributed by atoms with E-state index in [1.165, 1.54) is 5.01 Å². The predicted molar refractivity (Wildman–Crippen MR) is 100 cm³/mol. The first kappa shape index (κ1) is 17.8. The van der Waals surface area contributed by atoms with Crippen LogP contribution in [0.25, 0.3) is 0 Å². The molecule has 0 fully saturated rings. The Balaban J connectivity index is 1.96. The molecule has 0 saturated heterocycles. The van der Waals surface area contributed by atoms with Crippen molar-refractivity contribution in [3.05, 3.63) is 63.6 Å². The molecule has 0 N–H and O–H groups in total. The highest BCUT2D eigenvalue weighted by atomic mass is 35.5. The molecule has 0 saturated carbocycles. The summed E-state index contributed by atoms with van der Waals surface area (Å²) in [7, 11) is 1.63. The van der Waals surface area contributed by atoms with E-state index in [4.69, 9.17) is 27.9 Å². The van der Waals surface area contributed by atoms with E-state index < -0.39 is 0 Å². The third kappa shape index (κ3) is 3.65. The Hall–Kier alpha value is -2.04. The van der Waals surface area contributed by atoms with Crippen molar-refractivity contribution < 1.29 is 9.53 Å². The average molecular weight is 377 g/mol. The smallest absolute Gasteiger partial charge is 0.242 e. The second kappa shape index (κ2) is 7.46. The zero-order valence-electron chi connectivity index (χ0n) is 14.0. The van der Waals surface area contributed by atoms with Crippen LogP contribution in [0.1, 0.15) is 36.9 Å². The fraction of sp³-hybridized carbons (Fsp3) is 0.263. The van der Waals surface area contributed by atoms with Crippen LogP contribution in [0.4, 0.5) is 0 Å². The zero-order valence-corrected chi connectivity index (χ0v) is 15.5. The molecule has 0 radical (unpaired) electrons. The summed E-state index contributed by atoms with van der Waals surface area (Å²) in [4.78, 5) is 12.4. The van der Waals surface area contributed by atoms with Crippen LogP contribution in [-0.2, 0) is 4.79 Å². The Kier molecular flexibility index (Phi) is 5.30. The van der Waals surface area contributed by atoms with E-state index in [2.05, 4.69) is 5.10 Å². The normalized spacial score (nSPS) is 16.7. The van der Waals surface area contributed by atoms with Crippen molar-refractivity contribution in [1.82, 2.24) is 5.01 Å². The second-order valence-corrected chi connectivity index (χ2v) is 6.60. The molecule has 0 spiro atoms. The van der Waals surface area contributed by atoms with E-state index in [0.717, 1.165) is 22.6 Å². The minimum atomic E-state index is -0.227. The maximum absolute atomic E-state index is 12.4. The quantitative estimate of drug-likeness (QED) is 0.745. The predicted octanol–water partition coefficient (Wildman–Crippen LogP) is 5.09. The first-order chi connectivity index (χ1) is 12.0. The number of benzene rings is 2. The summed E-state index contributed by atoms with van der Waals surface area (Å²) in [5, 5.41) is 7.22. The molecule has 2 aromatic carbocycles. The lowest BCUT2D eigenvalue weighted by molar-refractivity contribution is -0.132. The molecule has 130 valence electrons. The summed E-state index contributed by atoms with van der Waals surface area (Å²) < 4.78 is 5.19. The fourth-order valence-electron chi connectivity index (χ4n) is 2.87. The van der Waals surface area contributed by atoms with Gasteiger partial charge in [-0.2, -0.15) is 5.10 Å². The number of hydrazone groups is 1. The summed E-state index contributed by atoms with van der Waals surface area (Å²) in [5.74, 6) is 0.737. The van der Waals surface area contributed by atoms with Crippen LogP contribution in [0.2, 0.25) is 10.0 Å². The average Bonchev–Trinajstić information content (AvgIpc) is 3.06. The van der Waals surface area contributed by atoms with E-state index >= 15 is 0 Å². The van der Waals surface area contributed by atoms with Crippen LogP contribution in [0.5, 0.6) is 5.75 Å². The number of halogens is 2. The molecule has 6 heteroatoms. The van der Waals surface area contributed by atoms with Crippen molar-refractivity contribution in [2.45, 2.75) is 25.8 Å². The summed E-state index contributed by atoms with van der Waals surface area (Å²) in [6.07, 6.45) is 0.973. The van der Waals surface area contributed by atoms with Crippen LogP contribution in [0.15, 0.2) is 47.6 Å². The molecule has 0 unspecified atom stereocenters. The minimum absolute atomic E-state index is 0.0421. The second-order valence-electron chi connectivity index (χ2n) is 5.75. The number of ether oxygens (including phenoxy) is 1. The molecule has 3 rings (SSSR count). The highest BCUT2D eigenvalue weighted by Crippen LogP contribution is 2.37. The van der Waals surface area contributed by atoms with Crippen LogP contribution in [0, 0.1) is 0 Å². The van der Waals surface area contributed by atoms with Crippen LogP contribution < -0.4 is 4.74 Å². The highest BCUT2D eigenvalue weighted by molar-refractivity contribution is 6.35. The van der Waals surface area contributed by atoms with Gasteiger partial charge in [-0.05, 0) is 47.5 Å². The molecule has 0 bridgehead atoms. The standard InChI is InChI=1S/C19H18Cl2N2O2/c1-3-19(24)23-18(15-9-6-13(20)10-16(15)21)11-17(22-23)12-4-7-14(25-2)8-5-12/h4-10,18H,3,11H2,1-2H3/t18-/m0/s1. The molecule has 25 heavy (non-hydrogen) atoms. The molecule has 1 aliphatic rings. The van der Waals surface area contributed by atoms with Crippen molar-refractivity contribution in [3.8, 4) is 5.75 Å². The van der Waals surface area contributed by atoms with Gasteiger partial charge in [0, 0.05) is 22.9 Å². The Morgan fingerprint density at radius 1 is 1.24 bits per heavy atom. The molecular formula is C19H18Cl2N2O2. The molecule has 4 nitrogen and oxygen atoms in total. The molecule has 1 amide bonds. The number of carbonyl (C=O) groups excluding carboxylic acids is 1. The Labute approximate surface area is 157 Å². The summed E-state index contributed by atoms with van der Waals surface area (Å²) in [6, 6.07) is 12.8. The summed E-state index contributed by atoms with van der Waals surface area (Å²) in [5.41, 5.74) is 2.66. The highest BCUT2D eigenvalue weighted by Gasteiger charge is 2.33. The first-order valence-electron chi connectivity index (χ1n) is 8.02. The lowest BCUT2D eigenvalue weighted by Crippen LogP contribution is -2.26. The van der Waals surface area contributed by atoms with Crippen molar-refractivity contribution >= 4 is 34.8 Å². The number of carbonyl (C=O) groups is 1. The molecule has 0 aromatic heterocycles. The van der Waals surface area contributed by atoms with E-state index in [1.54, 1.807) is 19.2 Å². The van der Waals surface area contributed by atoms with Gasteiger partial charge in [0.05, 0.1) is 18.9 Å². The van der Waals surface area contributed by atoms with Crippen molar-refractivity contribution in [3.63, 3.8) is 0 Å². The van der Waals surface area contributed by atoms with E-state index in [0.29, 0.717) is 22.9 Å². The fourth-order valence-corrected chi connectivity index (χ4v) is 3.41. The van der Waals surface area contributed by atoms with Crippen molar-refractivity contribution in [2.24, 2.45) is 5.10 Å². The molecule has 1 aliphatic heterocycles. The molecular weight excluding hydrogens is 359 g/mol. The van der Waals surface area contributed by atoms with Gasteiger partial charge in [0.15, 0.2) is 0 Å². The topological polar surface area (TPSA) is 41.9 Å². The van der Waals surface area contributed by atoms with Crippen LogP contribution in [0.3, 0.4) is 0 Å². The number of hydrogen-bond donors (Lipinski definition) is 0. The molecule has 0 aliphatic carbocycles. The minimum Gasteiger partial charge on any atom is -0.497 e. The number of methoxy groups -OCH3 is 1. The molecule has 1 heterocycles. The maximum atomic E-state index is 12.4. The number of nitrogens with zero attached hydrogens (tertiary/aromatic N) is 2. The van der Waals surface area contributed by atoms with E-state index in [1.807, 2.05) is 37.3 Å². The van der Waals surface area contributed by atoms with Gasteiger partial charge < -0.3 is 4.74 Å². The number of rotatable bonds is 4. The molecule has 1 atom stereocenters. The number of amides is 1. The Morgan fingerprint density at radius 3 is 2.56 bits per heavy atom. The van der Waals surface area contributed by atoms with Gasteiger partial charge in [0.1, 0.15) is 5.75 Å². The van der Waals surface area contributed by atoms with Gasteiger partial charge >= 0.3 is 0 Å².